The van der Waals surface area contributed by atoms with Gasteiger partial charge in [0.25, 0.3) is 0 Å². The number of carbonyl (C=O) groups excluding carboxylic acids is 1. The molecule has 100 valence electrons. The highest BCUT2D eigenvalue weighted by Gasteiger charge is 2.30. The number of ether oxygens (including phenoxy) is 1. The lowest BCUT2D eigenvalue weighted by atomic mass is 10.00. The molecular formula is C12H23ClN2O2. The maximum atomic E-state index is 11.9. The fourth-order valence-electron chi connectivity index (χ4n) is 2.64. The number of hydrogen-bond donors (Lipinski definition) is 2. The summed E-state index contributed by atoms with van der Waals surface area (Å²) < 4.78 is 5.34. The molecule has 0 aromatic heterocycles. The van der Waals surface area contributed by atoms with Crippen LogP contribution in [0.1, 0.15) is 39.0 Å². The highest BCUT2D eigenvalue weighted by molar-refractivity contribution is 5.85. The highest BCUT2D eigenvalue weighted by Crippen LogP contribution is 2.28. The molecule has 1 aliphatic carbocycles. The fraction of sp³-hybridized carbons (Fsp3) is 0.917. The number of rotatable bonds is 3. The summed E-state index contributed by atoms with van der Waals surface area (Å²) >= 11 is 0. The van der Waals surface area contributed by atoms with Crippen LogP contribution in [0, 0.1) is 0 Å². The third-order valence-corrected chi connectivity index (χ3v) is 3.58. The van der Waals surface area contributed by atoms with Crippen LogP contribution in [0.25, 0.3) is 0 Å². The molecule has 0 spiro atoms. The normalized spacial score (nSPS) is 27.2. The SMILES string of the molecule is CC1(NC(=O)CC2COCCN2)CCCC1.Cl. The zero-order valence-electron chi connectivity index (χ0n) is 10.5. The third-order valence-electron chi connectivity index (χ3n) is 3.58. The van der Waals surface area contributed by atoms with Gasteiger partial charge in [0.2, 0.25) is 5.91 Å². The van der Waals surface area contributed by atoms with E-state index >= 15 is 0 Å². The van der Waals surface area contributed by atoms with Crippen LogP contribution in [0.2, 0.25) is 0 Å². The second-order valence-corrected chi connectivity index (χ2v) is 5.25. The van der Waals surface area contributed by atoms with Crippen molar-refractivity contribution in [1.29, 1.82) is 0 Å². The van der Waals surface area contributed by atoms with E-state index in [-0.39, 0.29) is 29.9 Å². The molecule has 2 aliphatic rings. The van der Waals surface area contributed by atoms with Gasteiger partial charge < -0.3 is 15.4 Å². The number of nitrogens with one attached hydrogen (secondary N) is 2. The lowest BCUT2D eigenvalue weighted by Crippen LogP contribution is -2.48. The number of hydrogen-bond acceptors (Lipinski definition) is 3. The van der Waals surface area contributed by atoms with Gasteiger partial charge in [-0.15, -0.1) is 12.4 Å². The molecule has 1 aliphatic heterocycles. The first-order valence-electron chi connectivity index (χ1n) is 6.30. The van der Waals surface area contributed by atoms with Crippen LogP contribution in [-0.4, -0.2) is 37.2 Å². The lowest BCUT2D eigenvalue weighted by Gasteiger charge is -2.28. The molecule has 1 saturated carbocycles. The first-order chi connectivity index (χ1) is 7.68. The van der Waals surface area contributed by atoms with Crippen LogP contribution in [0.4, 0.5) is 0 Å². The van der Waals surface area contributed by atoms with Gasteiger partial charge in [-0.25, -0.2) is 0 Å². The van der Waals surface area contributed by atoms with Crippen LogP contribution in [-0.2, 0) is 9.53 Å². The molecule has 0 bridgehead atoms. The summed E-state index contributed by atoms with van der Waals surface area (Å²) in [6.45, 7) is 4.43. The van der Waals surface area contributed by atoms with Crippen molar-refractivity contribution in [2.24, 2.45) is 0 Å². The van der Waals surface area contributed by atoms with Crippen LogP contribution in [0.3, 0.4) is 0 Å². The standard InChI is InChI=1S/C12H22N2O2.ClH/c1-12(4-2-3-5-12)14-11(15)8-10-9-16-7-6-13-10;/h10,13H,2-9H2,1H3,(H,14,15);1H. The Hall–Kier alpha value is -0.320. The Kier molecular flexibility index (Phi) is 5.70. The summed E-state index contributed by atoms with van der Waals surface area (Å²) in [5, 5.41) is 6.47. The number of halogens is 1. The molecule has 1 unspecified atom stereocenters. The first kappa shape index (κ1) is 14.7. The van der Waals surface area contributed by atoms with Gasteiger partial charge in [0.15, 0.2) is 0 Å². The minimum Gasteiger partial charge on any atom is -0.378 e. The Morgan fingerprint density at radius 1 is 1.47 bits per heavy atom. The van der Waals surface area contributed by atoms with Crippen molar-refractivity contribution >= 4 is 18.3 Å². The number of carbonyl (C=O) groups is 1. The van der Waals surface area contributed by atoms with Gasteiger partial charge >= 0.3 is 0 Å². The molecular weight excluding hydrogens is 240 g/mol. The molecule has 0 aromatic carbocycles. The molecule has 2 N–H and O–H groups in total. The number of morpholine rings is 1. The second-order valence-electron chi connectivity index (χ2n) is 5.25. The third kappa shape index (κ3) is 4.45. The highest BCUT2D eigenvalue weighted by atomic mass is 35.5. The van der Waals surface area contributed by atoms with Crippen LogP contribution >= 0.6 is 12.4 Å². The van der Waals surface area contributed by atoms with E-state index in [9.17, 15) is 4.79 Å². The largest absolute Gasteiger partial charge is 0.378 e. The summed E-state index contributed by atoms with van der Waals surface area (Å²) in [5.74, 6) is 0.160. The van der Waals surface area contributed by atoms with Crippen LogP contribution in [0.15, 0.2) is 0 Å². The molecule has 1 saturated heterocycles. The summed E-state index contributed by atoms with van der Waals surface area (Å²) in [6, 6.07) is 0.193. The van der Waals surface area contributed by atoms with Crippen molar-refractivity contribution < 1.29 is 9.53 Å². The first-order valence-corrected chi connectivity index (χ1v) is 6.30. The molecule has 4 nitrogen and oxygen atoms in total. The molecule has 1 atom stereocenters. The van der Waals surface area contributed by atoms with Crippen LogP contribution in [0.5, 0.6) is 0 Å². The molecule has 0 aromatic rings. The van der Waals surface area contributed by atoms with Crippen molar-refractivity contribution in [3.63, 3.8) is 0 Å². The zero-order chi connectivity index (χ0) is 11.4. The van der Waals surface area contributed by atoms with Gasteiger partial charge in [-0.1, -0.05) is 12.8 Å². The summed E-state index contributed by atoms with van der Waals surface area (Å²) in [5.41, 5.74) is 0.0482. The van der Waals surface area contributed by atoms with Gasteiger partial charge in [0.1, 0.15) is 0 Å². The smallest absolute Gasteiger partial charge is 0.222 e. The Labute approximate surface area is 109 Å². The maximum Gasteiger partial charge on any atom is 0.222 e. The van der Waals surface area contributed by atoms with Crippen LogP contribution < -0.4 is 10.6 Å². The van der Waals surface area contributed by atoms with Crippen molar-refractivity contribution in [1.82, 2.24) is 10.6 Å². The summed E-state index contributed by atoms with van der Waals surface area (Å²) in [7, 11) is 0. The number of amides is 1. The molecule has 1 amide bonds. The summed E-state index contributed by atoms with van der Waals surface area (Å²) in [6.07, 6.45) is 5.25. The van der Waals surface area contributed by atoms with E-state index < -0.39 is 0 Å². The average molecular weight is 263 g/mol. The lowest BCUT2D eigenvalue weighted by molar-refractivity contribution is -0.124. The maximum absolute atomic E-state index is 11.9. The van der Waals surface area contributed by atoms with Gasteiger partial charge in [-0.2, -0.15) is 0 Å². The minimum absolute atomic E-state index is 0. The predicted molar refractivity (Wildman–Crippen MR) is 69.5 cm³/mol. The monoisotopic (exact) mass is 262 g/mol. The van der Waals surface area contributed by atoms with Gasteiger partial charge in [0.05, 0.1) is 13.2 Å². The van der Waals surface area contributed by atoms with E-state index in [1.165, 1.54) is 12.8 Å². The van der Waals surface area contributed by atoms with Crippen molar-refractivity contribution in [3.05, 3.63) is 0 Å². The van der Waals surface area contributed by atoms with Crippen molar-refractivity contribution in [2.45, 2.75) is 50.6 Å². The Morgan fingerprint density at radius 2 is 2.18 bits per heavy atom. The minimum atomic E-state index is 0. The van der Waals surface area contributed by atoms with Gasteiger partial charge in [-0.05, 0) is 19.8 Å². The Bertz CT molecular complexity index is 249. The van der Waals surface area contributed by atoms with E-state index in [1.54, 1.807) is 0 Å². The fourth-order valence-corrected chi connectivity index (χ4v) is 2.64. The Balaban J connectivity index is 0.00000144. The van der Waals surface area contributed by atoms with Gasteiger partial charge in [0, 0.05) is 24.5 Å². The zero-order valence-corrected chi connectivity index (χ0v) is 11.3. The van der Waals surface area contributed by atoms with E-state index in [0.29, 0.717) is 13.0 Å². The molecule has 2 rings (SSSR count). The topological polar surface area (TPSA) is 50.4 Å². The van der Waals surface area contributed by atoms with E-state index in [0.717, 1.165) is 26.0 Å². The van der Waals surface area contributed by atoms with E-state index in [4.69, 9.17) is 4.74 Å². The van der Waals surface area contributed by atoms with E-state index in [2.05, 4.69) is 17.6 Å². The van der Waals surface area contributed by atoms with Gasteiger partial charge in [-0.3, -0.25) is 4.79 Å². The summed E-state index contributed by atoms with van der Waals surface area (Å²) in [4.78, 5) is 11.9. The Morgan fingerprint density at radius 3 is 2.76 bits per heavy atom. The van der Waals surface area contributed by atoms with Crippen molar-refractivity contribution in [3.8, 4) is 0 Å². The molecule has 1 heterocycles. The molecule has 5 heteroatoms. The average Bonchev–Trinajstić information content (AvgIpc) is 2.66. The molecule has 0 radical (unpaired) electrons. The molecule has 17 heavy (non-hydrogen) atoms. The second kappa shape index (κ2) is 6.57. The molecule has 2 fully saturated rings. The quantitative estimate of drug-likeness (QED) is 0.805. The van der Waals surface area contributed by atoms with Crippen molar-refractivity contribution in [2.75, 3.05) is 19.8 Å². The predicted octanol–water partition coefficient (Wildman–Crippen LogP) is 1.24. The van der Waals surface area contributed by atoms with E-state index in [1.807, 2.05) is 0 Å².